The van der Waals surface area contributed by atoms with Gasteiger partial charge in [0.25, 0.3) is 0 Å². The van der Waals surface area contributed by atoms with Crippen LogP contribution in [0, 0.1) is 5.92 Å². The lowest BCUT2D eigenvalue weighted by atomic mass is 10.1. The molecule has 3 rings (SSSR count). The van der Waals surface area contributed by atoms with Crippen molar-refractivity contribution in [2.75, 3.05) is 40.0 Å². The van der Waals surface area contributed by atoms with Crippen molar-refractivity contribution >= 4 is 29.9 Å². The first-order chi connectivity index (χ1) is 13.1. The van der Waals surface area contributed by atoms with Gasteiger partial charge in [-0.2, -0.15) is 8.78 Å². The number of guanidine groups is 1. The van der Waals surface area contributed by atoms with Crippen LogP contribution in [0.3, 0.4) is 0 Å². The number of benzene rings is 1. The zero-order valence-electron chi connectivity index (χ0n) is 16.0. The number of aliphatic imine (C=N–C) groups is 1. The standard InChI is InChI=1S/C18H26F2N4O3.HI/c1-3-24-5-4-12(10-24)8-22-18(21-2)23-9-13-6-15-16(26-11-25-15)7-14(13)27-17(19)20;/h6-7,12,17H,3-5,8-11H2,1-2H3,(H2,21,22,23);1H. The smallest absolute Gasteiger partial charge is 0.387 e. The summed E-state index contributed by atoms with van der Waals surface area (Å²) in [7, 11) is 1.68. The van der Waals surface area contributed by atoms with E-state index in [0.717, 1.165) is 32.6 Å². The molecule has 7 nitrogen and oxygen atoms in total. The van der Waals surface area contributed by atoms with E-state index < -0.39 is 6.61 Å². The van der Waals surface area contributed by atoms with Crippen LogP contribution in [0.1, 0.15) is 18.9 Å². The van der Waals surface area contributed by atoms with Crippen molar-refractivity contribution in [1.29, 1.82) is 0 Å². The largest absolute Gasteiger partial charge is 0.454 e. The SMILES string of the molecule is CCN1CCC(CNC(=NC)NCc2cc3c(cc2OC(F)F)OCO3)C1.I. The van der Waals surface area contributed by atoms with E-state index in [1.54, 1.807) is 13.1 Å². The quantitative estimate of drug-likeness (QED) is 0.333. The Kier molecular flexibility index (Phi) is 8.80. The fraction of sp³-hybridized carbons (Fsp3) is 0.611. The molecule has 0 spiro atoms. The first-order valence-electron chi connectivity index (χ1n) is 9.13. The highest BCUT2D eigenvalue weighted by Gasteiger charge is 2.22. The molecule has 1 fully saturated rings. The van der Waals surface area contributed by atoms with Crippen LogP contribution in [-0.4, -0.2) is 57.5 Å². The summed E-state index contributed by atoms with van der Waals surface area (Å²) in [5.41, 5.74) is 0.542. The van der Waals surface area contributed by atoms with E-state index >= 15 is 0 Å². The zero-order valence-corrected chi connectivity index (χ0v) is 18.4. The molecule has 1 saturated heterocycles. The van der Waals surface area contributed by atoms with Gasteiger partial charge in [0.05, 0.1) is 0 Å². The third-order valence-electron chi connectivity index (χ3n) is 4.82. The van der Waals surface area contributed by atoms with Gasteiger partial charge in [0.1, 0.15) is 5.75 Å². The van der Waals surface area contributed by atoms with Gasteiger partial charge in [-0.25, -0.2) is 0 Å². The number of likely N-dealkylation sites (tertiary alicyclic amines) is 1. The maximum atomic E-state index is 12.7. The topological polar surface area (TPSA) is 67.4 Å². The Bertz CT molecular complexity index is 678. The van der Waals surface area contributed by atoms with Crippen LogP contribution in [0.2, 0.25) is 0 Å². The molecular weight excluding hydrogens is 485 g/mol. The molecule has 0 aliphatic carbocycles. The molecule has 1 atom stereocenters. The van der Waals surface area contributed by atoms with Gasteiger partial charge in [-0.1, -0.05) is 6.92 Å². The molecule has 1 aromatic carbocycles. The normalized spacial score (nSPS) is 18.9. The number of ether oxygens (including phenoxy) is 3. The molecular formula is C18H27F2IN4O3. The fourth-order valence-electron chi connectivity index (χ4n) is 3.32. The summed E-state index contributed by atoms with van der Waals surface area (Å²) in [6.45, 7) is 3.68. The fourth-order valence-corrected chi connectivity index (χ4v) is 3.32. The average molecular weight is 512 g/mol. The molecule has 2 N–H and O–H groups in total. The summed E-state index contributed by atoms with van der Waals surface area (Å²) in [4.78, 5) is 6.62. The first-order valence-corrected chi connectivity index (χ1v) is 9.13. The van der Waals surface area contributed by atoms with Gasteiger partial charge < -0.3 is 29.7 Å². The van der Waals surface area contributed by atoms with E-state index in [1.165, 1.54) is 6.07 Å². The van der Waals surface area contributed by atoms with Crippen LogP contribution in [0.15, 0.2) is 17.1 Å². The van der Waals surface area contributed by atoms with E-state index in [0.29, 0.717) is 28.9 Å². The lowest BCUT2D eigenvalue weighted by Crippen LogP contribution is -2.40. The second kappa shape index (κ2) is 10.8. The summed E-state index contributed by atoms with van der Waals surface area (Å²) in [6, 6.07) is 3.08. The van der Waals surface area contributed by atoms with Crippen LogP contribution in [0.25, 0.3) is 0 Å². The van der Waals surface area contributed by atoms with Gasteiger partial charge in [-0.3, -0.25) is 4.99 Å². The molecule has 0 aromatic heterocycles. The highest BCUT2D eigenvalue weighted by Crippen LogP contribution is 2.38. The number of nitrogens with one attached hydrogen (secondary N) is 2. The molecule has 0 amide bonds. The maximum absolute atomic E-state index is 12.7. The van der Waals surface area contributed by atoms with Crippen molar-refractivity contribution in [1.82, 2.24) is 15.5 Å². The molecule has 10 heteroatoms. The number of hydrogen-bond acceptors (Lipinski definition) is 5. The van der Waals surface area contributed by atoms with E-state index in [9.17, 15) is 8.78 Å². The van der Waals surface area contributed by atoms with Crippen LogP contribution in [0.4, 0.5) is 8.78 Å². The number of alkyl halides is 2. The highest BCUT2D eigenvalue weighted by atomic mass is 127. The minimum absolute atomic E-state index is 0. The first kappa shape index (κ1) is 22.7. The lowest BCUT2D eigenvalue weighted by Gasteiger charge is -2.17. The van der Waals surface area contributed by atoms with Crippen LogP contribution >= 0.6 is 24.0 Å². The van der Waals surface area contributed by atoms with Crippen LogP contribution in [0.5, 0.6) is 17.2 Å². The molecule has 2 aliphatic rings. The Hall–Kier alpha value is -1.56. The predicted octanol–water partition coefficient (Wildman–Crippen LogP) is 2.64. The number of halogens is 3. The highest BCUT2D eigenvalue weighted by molar-refractivity contribution is 14.0. The van der Waals surface area contributed by atoms with Gasteiger partial charge in [0, 0.05) is 38.3 Å². The van der Waals surface area contributed by atoms with Gasteiger partial charge in [-0.05, 0) is 31.5 Å². The van der Waals surface area contributed by atoms with Gasteiger partial charge >= 0.3 is 6.61 Å². The summed E-state index contributed by atoms with van der Waals surface area (Å²) < 4.78 is 40.6. The third kappa shape index (κ3) is 5.97. The number of fused-ring (bicyclic) bond motifs is 1. The molecule has 28 heavy (non-hydrogen) atoms. The number of rotatable bonds is 7. The molecule has 0 radical (unpaired) electrons. The van der Waals surface area contributed by atoms with Crippen LogP contribution in [-0.2, 0) is 6.54 Å². The Morgan fingerprint density at radius 1 is 1.32 bits per heavy atom. The van der Waals surface area contributed by atoms with Crippen molar-refractivity contribution in [3.05, 3.63) is 17.7 Å². The lowest BCUT2D eigenvalue weighted by molar-refractivity contribution is -0.0505. The van der Waals surface area contributed by atoms with Gasteiger partial charge in [0.15, 0.2) is 17.5 Å². The predicted molar refractivity (Wildman–Crippen MR) is 113 cm³/mol. The monoisotopic (exact) mass is 512 g/mol. The zero-order chi connectivity index (χ0) is 19.2. The Balaban J connectivity index is 0.00000280. The molecule has 0 bridgehead atoms. The second-order valence-corrected chi connectivity index (χ2v) is 6.55. The summed E-state index contributed by atoms with van der Waals surface area (Å²) >= 11 is 0. The van der Waals surface area contributed by atoms with Crippen LogP contribution < -0.4 is 24.8 Å². The Labute approximate surface area is 180 Å². The number of nitrogens with zero attached hydrogens (tertiary/aromatic N) is 2. The minimum Gasteiger partial charge on any atom is -0.454 e. The number of hydrogen-bond donors (Lipinski definition) is 2. The Morgan fingerprint density at radius 2 is 2.07 bits per heavy atom. The molecule has 2 heterocycles. The minimum atomic E-state index is -2.91. The molecule has 1 aromatic rings. The van der Waals surface area contributed by atoms with Crippen molar-refractivity contribution in [3.63, 3.8) is 0 Å². The van der Waals surface area contributed by atoms with E-state index in [4.69, 9.17) is 9.47 Å². The molecule has 1 unspecified atom stereocenters. The van der Waals surface area contributed by atoms with E-state index in [2.05, 4.69) is 32.2 Å². The summed E-state index contributed by atoms with van der Waals surface area (Å²) in [6.07, 6.45) is 1.16. The second-order valence-electron chi connectivity index (χ2n) is 6.55. The van der Waals surface area contributed by atoms with Gasteiger partial charge in [-0.15, -0.1) is 24.0 Å². The average Bonchev–Trinajstić information content (AvgIpc) is 3.29. The van der Waals surface area contributed by atoms with E-state index in [1.807, 2.05) is 0 Å². The van der Waals surface area contributed by atoms with E-state index in [-0.39, 0.29) is 43.1 Å². The molecule has 158 valence electrons. The maximum Gasteiger partial charge on any atom is 0.387 e. The third-order valence-corrected chi connectivity index (χ3v) is 4.82. The summed E-state index contributed by atoms with van der Waals surface area (Å²) in [5, 5.41) is 6.45. The van der Waals surface area contributed by atoms with Crippen molar-refractivity contribution < 1.29 is 23.0 Å². The van der Waals surface area contributed by atoms with Crippen molar-refractivity contribution in [2.24, 2.45) is 10.9 Å². The Morgan fingerprint density at radius 3 is 2.71 bits per heavy atom. The molecule has 2 aliphatic heterocycles. The van der Waals surface area contributed by atoms with Crippen molar-refractivity contribution in [2.45, 2.75) is 26.5 Å². The van der Waals surface area contributed by atoms with Crippen molar-refractivity contribution in [3.8, 4) is 17.2 Å². The summed E-state index contributed by atoms with van der Waals surface area (Å²) in [5.74, 6) is 2.17. The molecule has 0 saturated carbocycles. The van der Waals surface area contributed by atoms with Gasteiger partial charge in [0.2, 0.25) is 6.79 Å².